The molecule has 0 aromatic heterocycles. The Bertz CT molecular complexity index is 570. The fourth-order valence-corrected chi connectivity index (χ4v) is 4.39. The summed E-state index contributed by atoms with van der Waals surface area (Å²) in [4.78, 5) is 14.8. The van der Waals surface area contributed by atoms with Gasteiger partial charge in [-0.1, -0.05) is 29.3 Å². The highest BCUT2D eigenvalue weighted by Gasteiger charge is 2.37. The van der Waals surface area contributed by atoms with Gasteiger partial charge in [-0.3, -0.25) is 4.79 Å². The quantitative estimate of drug-likeness (QED) is 0.888. The highest BCUT2D eigenvalue weighted by atomic mass is 35.5. The van der Waals surface area contributed by atoms with Crippen LogP contribution in [0.15, 0.2) is 18.2 Å². The smallest absolute Gasteiger partial charge is 0.226 e. The van der Waals surface area contributed by atoms with Crippen molar-refractivity contribution in [3.05, 3.63) is 33.8 Å². The van der Waals surface area contributed by atoms with E-state index >= 15 is 0 Å². The molecule has 3 rings (SSSR count). The minimum atomic E-state index is 0.0317. The maximum absolute atomic E-state index is 12.7. The summed E-state index contributed by atoms with van der Waals surface area (Å²) >= 11 is 12.2. The van der Waals surface area contributed by atoms with E-state index in [1.54, 1.807) is 6.07 Å². The first-order chi connectivity index (χ1) is 11.1. The number of hydrogen-bond acceptors (Lipinski definition) is 2. The molecular weight excluding hydrogens is 333 g/mol. The van der Waals surface area contributed by atoms with Crippen molar-refractivity contribution in [2.24, 2.45) is 11.8 Å². The van der Waals surface area contributed by atoms with Crippen LogP contribution in [0.4, 0.5) is 0 Å². The van der Waals surface area contributed by atoms with Crippen LogP contribution in [0, 0.1) is 11.8 Å². The second-order valence-corrected chi connectivity index (χ2v) is 7.66. The van der Waals surface area contributed by atoms with E-state index in [2.05, 4.69) is 4.90 Å². The number of aliphatic hydroxyl groups excluding tert-OH is 1. The van der Waals surface area contributed by atoms with Gasteiger partial charge in [0.1, 0.15) is 0 Å². The predicted octanol–water partition coefficient (Wildman–Crippen LogP) is 3.94. The number of aliphatic hydroxyl groups is 1. The summed E-state index contributed by atoms with van der Waals surface area (Å²) in [5.41, 5.74) is 1.00. The number of likely N-dealkylation sites (tertiary alicyclic amines) is 1. The molecule has 0 radical (unpaired) electrons. The van der Waals surface area contributed by atoms with E-state index < -0.39 is 0 Å². The SMILES string of the molecule is O=C1C(Cc2ccc(Cl)cc2Cl)CCN1C1CCC(CO)CC1. The van der Waals surface area contributed by atoms with Crippen LogP contribution in [0.5, 0.6) is 0 Å². The molecule has 1 unspecified atom stereocenters. The standard InChI is InChI=1S/C18H23Cl2NO2/c19-15-4-3-13(17(20)10-15)9-14-7-8-21(18(14)23)16-5-1-12(11-22)2-6-16/h3-4,10,12,14,16,22H,1-2,5-9,11H2. The third kappa shape index (κ3) is 3.84. The number of rotatable bonds is 4. The molecule has 1 aliphatic heterocycles. The first-order valence-electron chi connectivity index (χ1n) is 8.43. The number of carbonyl (C=O) groups excluding carboxylic acids is 1. The lowest BCUT2D eigenvalue weighted by atomic mass is 9.86. The summed E-state index contributed by atoms with van der Waals surface area (Å²) in [5, 5.41) is 10.5. The van der Waals surface area contributed by atoms with Gasteiger partial charge in [0.25, 0.3) is 0 Å². The van der Waals surface area contributed by atoms with Crippen molar-refractivity contribution in [1.29, 1.82) is 0 Å². The summed E-state index contributed by atoms with van der Waals surface area (Å²) in [6.45, 7) is 1.13. The van der Waals surface area contributed by atoms with Crippen molar-refractivity contribution in [3.8, 4) is 0 Å². The molecule has 0 spiro atoms. The molecule has 1 saturated heterocycles. The largest absolute Gasteiger partial charge is 0.396 e. The maximum Gasteiger partial charge on any atom is 0.226 e. The summed E-state index contributed by atoms with van der Waals surface area (Å²) in [6, 6.07) is 5.85. The zero-order chi connectivity index (χ0) is 16.4. The lowest BCUT2D eigenvalue weighted by Gasteiger charge is -2.34. The molecule has 1 heterocycles. The number of hydrogen-bond donors (Lipinski definition) is 1. The van der Waals surface area contributed by atoms with Gasteiger partial charge in [-0.15, -0.1) is 0 Å². The number of benzene rings is 1. The highest BCUT2D eigenvalue weighted by Crippen LogP contribution is 2.33. The molecule has 1 aromatic carbocycles. The Labute approximate surface area is 147 Å². The Balaban J connectivity index is 1.60. The molecule has 1 N–H and O–H groups in total. The van der Waals surface area contributed by atoms with Crippen LogP contribution in [0.1, 0.15) is 37.7 Å². The van der Waals surface area contributed by atoms with Gasteiger partial charge in [-0.25, -0.2) is 0 Å². The monoisotopic (exact) mass is 355 g/mol. The van der Waals surface area contributed by atoms with Gasteiger partial charge in [0.2, 0.25) is 5.91 Å². The Morgan fingerprint density at radius 2 is 1.87 bits per heavy atom. The van der Waals surface area contributed by atoms with Gasteiger partial charge in [0.15, 0.2) is 0 Å². The van der Waals surface area contributed by atoms with Crippen LogP contribution in [0.2, 0.25) is 10.0 Å². The summed E-state index contributed by atoms with van der Waals surface area (Å²) in [7, 11) is 0. The number of amides is 1. The first kappa shape index (κ1) is 17.1. The maximum atomic E-state index is 12.7. The van der Waals surface area contributed by atoms with Crippen molar-refractivity contribution in [2.45, 2.75) is 44.6 Å². The Morgan fingerprint density at radius 1 is 1.13 bits per heavy atom. The molecule has 2 aliphatic rings. The van der Waals surface area contributed by atoms with Gasteiger partial charge >= 0.3 is 0 Å². The number of carbonyl (C=O) groups is 1. The van der Waals surface area contributed by atoms with Crippen LogP contribution < -0.4 is 0 Å². The number of nitrogens with zero attached hydrogens (tertiary/aromatic N) is 1. The molecule has 3 nitrogen and oxygen atoms in total. The fraction of sp³-hybridized carbons (Fsp3) is 0.611. The molecule has 1 aromatic rings. The van der Waals surface area contributed by atoms with E-state index in [1.807, 2.05) is 12.1 Å². The van der Waals surface area contributed by atoms with E-state index in [0.717, 1.165) is 44.2 Å². The van der Waals surface area contributed by atoms with Crippen LogP contribution in [0.3, 0.4) is 0 Å². The molecule has 0 bridgehead atoms. The average molecular weight is 356 g/mol. The summed E-state index contributed by atoms with van der Waals surface area (Å²) in [6.07, 6.45) is 5.68. The van der Waals surface area contributed by atoms with Crippen molar-refractivity contribution < 1.29 is 9.90 Å². The minimum absolute atomic E-state index is 0.0317. The topological polar surface area (TPSA) is 40.5 Å². The van der Waals surface area contributed by atoms with E-state index in [0.29, 0.717) is 28.4 Å². The van der Waals surface area contributed by atoms with E-state index in [1.165, 1.54) is 0 Å². The third-order valence-corrected chi connectivity index (χ3v) is 5.93. The molecule has 23 heavy (non-hydrogen) atoms. The summed E-state index contributed by atoms with van der Waals surface area (Å²) in [5.74, 6) is 0.723. The van der Waals surface area contributed by atoms with Gasteiger partial charge in [0.05, 0.1) is 0 Å². The third-order valence-electron chi connectivity index (χ3n) is 5.35. The van der Waals surface area contributed by atoms with E-state index in [9.17, 15) is 9.90 Å². The van der Waals surface area contributed by atoms with Crippen molar-refractivity contribution >= 4 is 29.1 Å². The normalized spacial score (nSPS) is 28.4. The molecule has 1 amide bonds. The minimum Gasteiger partial charge on any atom is -0.396 e. The van der Waals surface area contributed by atoms with Gasteiger partial charge in [-0.05, 0) is 62.1 Å². The van der Waals surface area contributed by atoms with Crippen molar-refractivity contribution in [1.82, 2.24) is 4.90 Å². The van der Waals surface area contributed by atoms with Gasteiger partial charge in [-0.2, -0.15) is 0 Å². The molecule has 2 fully saturated rings. The molecule has 5 heteroatoms. The van der Waals surface area contributed by atoms with Crippen LogP contribution in [0.25, 0.3) is 0 Å². The van der Waals surface area contributed by atoms with Crippen molar-refractivity contribution in [2.75, 3.05) is 13.2 Å². The average Bonchev–Trinajstić information content (AvgIpc) is 2.91. The summed E-state index contributed by atoms with van der Waals surface area (Å²) < 4.78 is 0. The van der Waals surface area contributed by atoms with E-state index in [-0.39, 0.29) is 18.4 Å². The fourth-order valence-electron chi connectivity index (χ4n) is 3.91. The van der Waals surface area contributed by atoms with Crippen LogP contribution in [-0.2, 0) is 11.2 Å². The van der Waals surface area contributed by atoms with Gasteiger partial charge in [0, 0.05) is 35.2 Å². The highest BCUT2D eigenvalue weighted by molar-refractivity contribution is 6.35. The Kier molecular flexibility index (Phi) is 5.50. The Morgan fingerprint density at radius 3 is 2.52 bits per heavy atom. The molecule has 1 aliphatic carbocycles. The number of halogens is 2. The van der Waals surface area contributed by atoms with Crippen LogP contribution in [-0.4, -0.2) is 35.1 Å². The van der Waals surface area contributed by atoms with Crippen LogP contribution >= 0.6 is 23.2 Å². The zero-order valence-electron chi connectivity index (χ0n) is 13.2. The Hall–Kier alpha value is -0.770. The van der Waals surface area contributed by atoms with Gasteiger partial charge < -0.3 is 10.0 Å². The first-order valence-corrected chi connectivity index (χ1v) is 9.19. The molecule has 1 saturated carbocycles. The molecule has 126 valence electrons. The van der Waals surface area contributed by atoms with Crippen molar-refractivity contribution in [3.63, 3.8) is 0 Å². The molecule has 1 atom stereocenters. The second-order valence-electron chi connectivity index (χ2n) is 6.81. The van der Waals surface area contributed by atoms with E-state index in [4.69, 9.17) is 23.2 Å². The predicted molar refractivity (Wildman–Crippen MR) is 92.8 cm³/mol. The lowest BCUT2D eigenvalue weighted by Crippen LogP contribution is -2.40. The lowest BCUT2D eigenvalue weighted by molar-refractivity contribution is -0.133. The molecular formula is C18H23Cl2NO2. The zero-order valence-corrected chi connectivity index (χ0v) is 14.7. The second kappa shape index (κ2) is 7.42.